The number of likely N-dealkylation sites (tertiary alicyclic amines) is 2. The van der Waals surface area contributed by atoms with Crippen LogP contribution in [-0.4, -0.2) is 81.2 Å². The Morgan fingerprint density at radius 1 is 0.583 bits per heavy atom. The molecule has 8 rings (SSSR count). The Balaban J connectivity index is 0.928. The van der Waals surface area contributed by atoms with Crippen LogP contribution in [0.3, 0.4) is 0 Å². The fourth-order valence-electron chi connectivity index (χ4n) is 8.24. The van der Waals surface area contributed by atoms with Crippen molar-refractivity contribution < 1.29 is 38.5 Å². The van der Waals surface area contributed by atoms with Crippen LogP contribution in [0.25, 0.3) is 33.9 Å². The van der Waals surface area contributed by atoms with E-state index in [-0.39, 0.29) is 23.9 Å². The van der Waals surface area contributed by atoms with E-state index in [4.69, 9.17) is 14.5 Å². The van der Waals surface area contributed by atoms with Gasteiger partial charge in [-0.2, -0.15) is 0 Å². The molecule has 16 nitrogen and oxygen atoms in total. The zero-order valence-electron chi connectivity index (χ0n) is 33.2. The molecular formula is C44H46N10O6+2. The Bertz CT molecular complexity index is 2270. The Morgan fingerprint density at radius 2 is 1.02 bits per heavy atom. The smallest absolute Gasteiger partial charge is 0.407 e. The van der Waals surface area contributed by atoms with E-state index in [1.807, 2.05) is 84.9 Å². The Hall–Kier alpha value is -7.04. The Morgan fingerprint density at radius 3 is 1.47 bits per heavy atom. The van der Waals surface area contributed by atoms with Gasteiger partial charge in [0.25, 0.3) is 0 Å². The van der Waals surface area contributed by atoms with Crippen molar-refractivity contribution in [3.05, 3.63) is 132 Å². The molecule has 2 fully saturated rings. The lowest BCUT2D eigenvalue weighted by molar-refractivity contribution is -0.841. The Labute approximate surface area is 345 Å². The number of hydrogen-bond donors (Lipinski definition) is 6. The SMILES string of the molecule is COC(=O)N[C@@H](C(=O)[NH+]1CCCC1c1ncc(-c2ccc(-c3ncc(-c4cnc(C5CCC[NH+]5C(=O)[C@H](NC(=O)OC)c5ccccc5)[nH]4)cn3)cc2)[nH]1)c1ccccc1. The maximum Gasteiger partial charge on any atom is 0.407 e. The molecule has 3 aromatic carbocycles. The number of alkyl carbamates (subject to hydrolysis) is 2. The average Bonchev–Trinajstić information content (AvgIpc) is 4.15. The molecule has 6 N–H and O–H groups in total. The summed E-state index contributed by atoms with van der Waals surface area (Å²) in [7, 11) is 2.55. The van der Waals surface area contributed by atoms with Crippen LogP contribution in [0.2, 0.25) is 0 Å². The molecule has 4 amide bonds. The number of ether oxygens (including phenoxy) is 2. The molecule has 6 aromatic rings. The molecule has 0 radical (unpaired) electrons. The molecule has 4 unspecified atom stereocenters. The van der Waals surface area contributed by atoms with Crippen LogP contribution in [0, 0.1) is 0 Å². The summed E-state index contributed by atoms with van der Waals surface area (Å²) in [5, 5.41) is 5.44. The number of carbonyl (C=O) groups is 4. The zero-order valence-corrected chi connectivity index (χ0v) is 33.2. The molecule has 3 aromatic heterocycles. The molecule has 306 valence electrons. The minimum absolute atomic E-state index is 0.146. The van der Waals surface area contributed by atoms with Crippen LogP contribution in [-0.2, 0) is 19.1 Å². The van der Waals surface area contributed by atoms with Crippen LogP contribution in [0.5, 0.6) is 0 Å². The number of aromatic amines is 2. The number of rotatable bonds is 11. The number of quaternary nitrogens is 2. The van der Waals surface area contributed by atoms with E-state index >= 15 is 0 Å². The molecule has 6 atom stereocenters. The summed E-state index contributed by atoms with van der Waals surface area (Å²) in [6, 6.07) is 24.0. The van der Waals surface area contributed by atoms with E-state index in [0.29, 0.717) is 46.6 Å². The van der Waals surface area contributed by atoms with Gasteiger partial charge >= 0.3 is 24.0 Å². The molecular weight excluding hydrogens is 765 g/mol. The number of nitrogens with zero attached hydrogens (tertiary/aromatic N) is 4. The van der Waals surface area contributed by atoms with Crippen molar-refractivity contribution in [3.8, 4) is 33.9 Å². The predicted octanol–water partition coefficient (Wildman–Crippen LogP) is 3.61. The first-order chi connectivity index (χ1) is 29.3. The number of benzene rings is 3. The summed E-state index contributed by atoms with van der Waals surface area (Å²) in [6.07, 6.45) is 8.83. The molecule has 60 heavy (non-hydrogen) atoms. The lowest BCUT2D eigenvalue weighted by Gasteiger charge is -2.23. The van der Waals surface area contributed by atoms with Crippen LogP contribution in [0.1, 0.15) is 72.6 Å². The van der Waals surface area contributed by atoms with Crippen molar-refractivity contribution >= 4 is 24.0 Å². The quantitative estimate of drug-likeness (QED) is 0.112. The third-order valence-corrected chi connectivity index (χ3v) is 11.3. The van der Waals surface area contributed by atoms with E-state index < -0.39 is 24.3 Å². The zero-order chi connectivity index (χ0) is 41.6. The fraction of sp³-hybridized carbons (Fsp3) is 0.273. The van der Waals surface area contributed by atoms with Crippen LogP contribution in [0.4, 0.5) is 9.59 Å². The number of aromatic nitrogens is 6. The topological polar surface area (TPSA) is 203 Å². The van der Waals surface area contributed by atoms with Crippen molar-refractivity contribution in [2.75, 3.05) is 27.3 Å². The largest absolute Gasteiger partial charge is 0.453 e. The molecule has 0 saturated carbocycles. The van der Waals surface area contributed by atoms with Crippen molar-refractivity contribution in [2.24, 2.45) is 0 Å². The highest BCUT2D eigenvalue weighted by Crippen LogP contribution is 2.27. The lowest BCUT2D eigenvalue weighted by atomic mass is 10.1. The minimum Gasteiger partial charge on any atom is -0.453 e. The van der Waals surface area contributed by atoms with E-state index in [1.54, 1.807) is 24.8 Å². The second kappa shape index (κ2) is 17.8. The number of methoxy groups -OCH3 is 2. The molecule has 0 bridgehead atoms. The molecule has 16 heteroatoms. The van der Waals surface area contributed by atoms with Gasteiger partial charge in [-0.1, -0.05) is 84.9 Å². The number of nitrogens with one attached hydrogen (secondary N) is 6. The average molecular weight is 811 g/mol. The highest BCUT2D eigenvalue weighted by atomic mass is 16.5. The summed E-state index contributed by atoms with van der Waals surface area (Å²) in [4.78, 5) is 79.2. The van der Waals surface area contributed by atoms with Crippen molar-refractivity contribution in [1.82, 2.24) is 40.5 Å². The number of hydrogen-bond acceptors (Lipinski definition) is 10. The second-order valence-electron chi connectivity index (χ2n) is 14.9. The first kappa shape index (κ1) is 39.8. The summed E-state index contributed by atoms with van der Waals surface area (Å²) in [5.74, 6) is 1.64. The number of imidazole rings is 2. The van der Waals surface area contributed by atoms with E-state index in [0.717, 1.165) is 58.7 Å². The minimum atomic E-state index is -0.866. The third kappa shape index (κ3) is 8.41. The number of carbonyl (C=O) groups excluding carboxylic acids is 4. The molecule has 0 spiro atoms. The Kier molecular flexibility index (Phi) is 11.8. The number of amides is 4. The fourth-order valence-corrected chi connectivity index (χ4v) is 8.24. The first-order valence-corrected chi connectivity index (χ1v) is 19.9. The van der Waals surface area contributed by atoms with E-state index in [2.05, 4.69) is 35.6 Å². The second-order valence-corrected chi connectivity index (χ2v) is 14.9. The molecule has 5 heterocycles. The third-order valence-electron chi connectivity index (χ3n) is 11.3. The maximum atomic E-state index is 13.9. The van der Waals surface area contributed by atoms with Gasteiger partial charge in [0.05, 0.1) is 51.1 Å². The maximum absolute atomic E-state index is 13.9. The van der Waals surface area contributed by atoms with Crippen molar-refractivity contribution in [3.63, 3.8) is 0 Å². The molecule has 2 saturated heterocycles. The van der Waals surface area contributed by atoms with Gasteiger partial charge in [0.2, 0.25) is 0 Å². The normalized spacial score (nSPS) is 19.6. The monoisotopic (exact) mass is 810 g/mol. The summed E-state index contributed by atoms with van der Waals surface area (Å²) < 4.78 is 9.65. The highest BCUT2D eigenvalue weighted by Gasteiger charge is 2.43. The van der Waals surface area contributed by atoms with E-state index in [9.17, 15) is 19.2 Å². The molecule has 2 aliphatic heterocycles. The van der Waals surface area contributed by atoms with Gasteiger partial charge in [0.15, 0.2) is 41.6 Å². The van der Waals surface area contributed by atoms with Gasteiger partial charge in [-0.25, -0.2) is 39.1 Å². The van der Waals surface area contributed by atoms with Gasteiger partial charge in [-0.15, -0.1) is 0 Å². The summed E-state index contributed by atoms with van der Waals surface area (Å²) in [5.41, 5.74) is 5.40. The van der Waals surface area contributed by atoms with E-state index in [1.165, 1.54) is 14.2 Å². The van der Waals surface area contributed by atoms with Gasteiger partial charge in [0, 0.05) is 49.2 Å². The van der Waals surface area contributed by atoms with Gasteiger partial charge in [0.1, 0.15) is 0 Å². The standard InChI is InChI=1S/C44H44N10O6/c1-59-43(57)51-36(28-11-5-3-6-12-28)41(55)53-21-9-15-34(53)39-47-25-32(49-39)27-17-19-30(20-18-27)38-45-23-31(24-46-38)33-26-48-40(50-33)35-16-10-22-54(35)42(56)37(52-44(58)60-2)29-13-7-4-8-14-29/h3-8,11-14,17-20,23-26,34-37H,9-10,15-16,21-22H2,1-2H3,(H,47,49)(H,48,50)(H,51,57)(H,52,58)/p+2/t34?,35?,36-,37-/m1/s1. The van der Waals surface area contributed by atoms with Gasteiger partial charge < -0.3 is 30.1 Å². The highest BCUT2D eigenvalue weighted by molar-refractivity contribution is 5.82. The lowest BCUT2D eigenvalue weighted by Crippen LogP contribution is -3.14. The van der Waals surface area contributed by atoms with Crippen molar-refractivity contribution in [2.45, 2.75) is 49.9 Å². The van der Waals surface area contributed by atoms with Gasteiger partial charge in [-0.05, 0) is 16.7 Å². The van der Waals surface area contributed by atoms with Crippen LogP contribution >= 0.6 is 0 Å². The molecule has 2 aliphatic rings. The van der Waals surface area contributed by atoms with Crippen LogP contribution in [0.15, 0.2) is 110 Å². The first-order valence-electron chi connectivity index (χ1n) is 19.9. The summed E-state index contributed by atoms with van der Waals surface area (Å²) in [6.45, 7) is 1.23. The summed E-state index contributed by atoms with van der Waals surface area (Å²) >= 11 is 0. The molecule has 0 aliphatic carbocycles. The van der Waals surface area contributed by atoms with Crippen LogP contribution < -0.4 is 20.4 Å². The number of H-pyrrole nitrogens is 2. The van der Waals surface area contributed by atoms with Gasteiger partial charge in [-0.3, -0.25) is 9.80 Å². The predicted molar refractivity (Wildman–Crippen MR) is 218 cm³/mol. The van der Waals surface area contributed by atoms with Crippen molar-refractivity contribution in [1.29, 1.82) is 0 Å².